The summed E-state index contributed by atoms with van der Waals surface area (Å²) in [6.07, 6.45) is 1.30. The van der Waals surface area contributed by atoms with Crippen molar-refractivity contribution in [3.63, 3.8) is 0 Å². The fourth-order valence-corrected chi connectivity index (χ4v) is 4.60. The second kappa shape index (κ2) is 12.3. The molecule has 0 spiro atoms. The molecule has 9 heteroatoms. The molecule has 194 valence electrons. The summed E-state index contributed by atoms with van der Waals surface area (Å²) in [4.78, 5) is 29.2. The predicted octanol–water partition coefficient (Wildman–Crippen LogP) is 4.41. The second-order valence-electron chi connectivity index (χ2n) is 8.58. The van der Waals surface area contributed by atoms with E-state index in [0.717, 1.165) is 11.1 Å². The van der Waals surface area contributed by atoms with E-state index in [-0.39, 0.29) is 29.0 Å². The zero-order valence-corrected chi connectivity index (χ0v) is 21.5. The third-order valence-electron chi connectivity index (χ3n) is 5.75. The lowest BCUT2D eigenvalue weighted by atomic mass is 10.1. The van der Waals surface area contributed by atoms with Crippen molar-refractivity contribution in [2.45, 2.75) is 31.1 Å². The molecule has 0 aliphatic carbocycles. The molecule has 1 atom stereocenters. The maximum Gasteiger partial charge on any atom is 0.266 e. The quantitative estimate of drug-likeness (QED) is 0.315. The Bertz CT molecular complexity index is 1480. The number of aromatic nitrogens is 1. The third kappa shape index (κ3) is 7.12. The van der Waals surface area contributed by atoms with Crippen LogP contribution < -0.4 is 10.0 Å². The first-order chi connectivity index (χ1) is 18.3. The molecule has 3 aromatic carbocycles. The van der Waals surface area contributed by atoms with Gasteiger partial charge in [0.2, 0.25) is 0 Å². The smallest absolute Gasteiger partial charge is 0.266 e. The monoisotopic (exact) mass is 529 g/mol. The molecule has 0 aliphatic rings. The van der Waals surface area contributed by atoms with Crippen LogP contribution in [0.2, 0.25) is 0 Å². The maximum absolute atomic E-state index is 12.7. The Morgan fingerprint density at radius 3 is 2.05 bits per heavy atom. The number of carbonyl (C=O) groups is 2. The van der Waals surface area contributed by atoms with Crippen LogP contribution in [0.3, 0.4) is 0 Å². The molecule has 1 aromatic heterocycles. The van der Waals surface area contributed by atoms with E-state index in [9.17, 15) is 18.0 Å². The fraction of sp³-hybridized carbons (Fsp3) is 0.138. The Labute approximate surface area is 221 Å². The first kappa shape index (κ1) is 26.7. The molecule has 0 aliphatic heterocycles. The summed E-state index contributed by atoms with van der Waals surface area (Å²) < 4.78 is 33.1. The minimum absolute atomic E-state index is 0.0891. The number of pyridine rings is 1. The summed E-state index contributed by atoms with van der Waals surface area (Å²) in [6.45, 7) is 2.54. The van der Waals surface area contributed by atoms with Gasteiger partial charge in [0.1, 0.15) is 0 Å². The highest BCUT2D eigenvalue weighted by molar-refractivity contribution is 7.90. The van der Waals surface area contributed by atoms with Gasteiger partial charge in [0.25, 0.3) is 21.8 Å². The Morgan fingerprint density at radius 2 is 1.42 bits per heavy atom. The normalized spacial score (nSPS) is 11.9. The van der Waals surface area contributed by atoms with Crippen molar-refractivity contribution in [1.29, 1.82) is 0 Å². The lowest BCUT2D eigenvalue weighted by Crippen LogP contribution is -2.31. The molecular formula is C29H27N3O5S. The van der Waals surface area contributed by atoms with Crippen LogP contribution in [0.15, 0.2) is 108 Å². The molecule has 4 rings (SSSR count). The van der Waals surface area contributed by atoms with Gasteiger partial charge >= 0.3 is 0 Å². The van der Waals surface area contributed by atoms with Gasteiger partial charge in [-0.25, -0.2) is 13.1 Å². The van der Waals surface area contributed by atoms with Gasteiger partial charge < -0.3 is 10.1 Å². The van der Waals surface area contributed by atoms with Crippen LogP contribution in [0.5, 0.6) is 0 Å². The summed E-state index contributed by atoms with van der Waals surface area (Å²) >= 11 is 0. The lowest BCUT2D eigenvalue weighted by Gasteiger charge is -2.14. The van der Waals surface area contributed by atoms with Crippen molar-refractivity contribution in [1.82, 2.24) is 15.0 Å². The number of rotatable bonds is 10. The highest BCUT2D eigenvalue weighted by Crippen LogP contribution is 2.15. The van der Waals surface area contributed by atoms with Crippen LogP contribution in [0.25, 0.3) is 0 Å². The lowest BCUT2D eigenvalue weighted by molar-refractivity contribution is 0.0938. The van der Waals surface area contributed by atoms with E-state index in [1.807, 2.05) is 72.3 Å². The summed E-state index contributed by atoms with van der Waals surface area (Å²) in [6, 6.07) is 27.4. The van der Waals surface area contributed by atoms with E-state index in [1.165, 1.54) is 36.5 Å². The minimum Gasteiger partial charge on any atom is -0.370 e. The molecular weight excluding hydrogens is 502 g/mol. The van der Waals surface area contributed by atoms with Crippen molar-refractivity contribution < 1.29 is 22.7 Å². The van der Waals surface area contributed by atoms with Gasteiger partial charge in [-0.05, 0) is 54.4 Å². The van der Waals surface area contributed by atoms with Crippen molar-refractivity contribution in [3.05, 3.63) is 131 Å². The van der Waals surface area contributed by atoms with E-state index in [1.54, 1.807) is 6.07 Å². The zero-order valence-electron chi connectivity index (χ0n) is 20.7. The van der Waals surface area contributed by atoms with Gasteiger partial charge in [-0.1, -0.05) is 60.7 Å². The van der Waals surface area contributed by atoms with Crippen molar-refractivity contribution in [2.75, 3.05) is 0 Å². The first-order valence-corrected chi connectivity index (χ1v) is 13.4. The Kier molecular flexibility index (Phi) is 8.62. The van der Waals surface area contributed by atoms with Crippen molar-refractivity contribution in [2.24, 2.45) is 0 Å². The van der Waals surface area contributed by atoms with E-state index >= 15 is 0 Å². The van der Waals surface area contributed by atoms with Crippen LogP contribution in [0.4, 0.5) is 0 Å². The number of ether oxygens (including phenoxy) is 1. The third-order valence-corrected chi connectivity index (χ3v) is 7.10. The average Bonchev–Trinajstić information content (AvgIpc) is 2.94. The molecule has 0 fully saturated rings. The molecule has 2 N–H and O–H groups in total. The molecule has 0 saturated heterocycles. The van der Waals surface area contributed by atoms with Crippen LogP contribution in [0.1, 0.15) is 50.5 Å². The highest BCUT2D eigenvalue weighted by Gasteiger charge is 2.20. The number of sulfonamides is 1. The Hall–Kier alpha value is -4.34. The highest BCUT2D eigenvalue weighted by atomic mass is 32.2. The van der Waals surface area contributed by atoms with Gasteiger partial charge in [-0.2, -0.15) is 0 Å². The van der Waals surface area contributed by atoms with E-state index in [2.05, 4.69) is 10.3 Å². The molecule has 1 heterocycles. The fourth-order valence-electron chi connectivity index (χ4n) is 3.62. The largest absolute Gasteiger partial charge is 0.370 e. The molecule has 38 heavy (non-hydrogen) atoms. The first-order valence-electron chi connectivity index (χ1n) is 11.9. The number of amides is 2. The van der Waals surface area contributed by atoms with E-state index in [4.69, 9.17) is 4.74 Å². The van der Waals surface area contributed by atoms with Gasteiger partial charge in [-0.15, -0.1) is 0 Å². The molecule has 0 saturated carbocycles. The molecule has 1 unspecified atom stereocenters. The van der Waals surface area contributed by atoms with Crippen molar-refractivity contribution >= 4 is 21.8 Å². The molecule has 2 amide bonds. The summed E-state index contributed by atoms with van der Waals surface area (Å²) in [5.74, 6) is -1.15. The van der Waals surface area contributed by atoms with Gasteiger partial charge in [0, 0.05) is 11.8 Å². The predicted molar refractivity (Wildman–Crippen MR) is 143 cm³/mol. The topological polar surface area (TPSA) is 114 Å². The summed E-state index contributed by atoms with van der Waals surface area (Å²) in [5.41, 5.74) is 2.98. The van der Waals surface area contributed by atoms with E-state index in [0.29, 0.717) is 17.9 Å². The average molecular weight is 530 g/mol. The summed E-state index contributed by atoms with van der Waals surface area (Å²) in [5, 5.41) is 2.88. The van der Waals surface area contributed by atoms with Crippen LogP contribution >= 0.6 is 0 Å². The second-order valence-corrected chi connectivity index (χ2v) is 10.3. The van der Waals surface area contributed by atoms with E-state index < -0.39 is 15.9 Å². The van der Waals surface area contributed by atoms with Crippen LogP contribution in [0, 0.1) is 0 Å². The van der Waals surface area contributed by atoms with Crippen LogP contribution in [-0.2, 0) is 28.0 Å². The van der Waals surface area contributed by atoms with Crippen LogP contribution in [-0.4, -0.2) is 25.2 Å². The minimum atomic E-state index is -4.15. The van der Waals surface area contributed by atoms with Gasteiger partial charge in [-0.3, -0.25) is 14.6 Å². The van der Waals surface area contributed by atoms with Crippen molar-refractivity contribution in [3.8, 4) is 0 Å². The Balaban J connectivity index is 1.32. The van der Waals surface area contributed by atoms with Gasteiger partial charge in [0.05, 0.1) is 35.4 Å². The maximum atomic E-state index is 12.7. The number of carbonyl (C=O) groups excluding carboxylic acids is 2. The molecule has 8 nitrogen and oxygen atoms in total. The summed E-state index contributed by atoms with van der Waals surface area (Å²) in [7, 11) is -4.15. The number of benzene rings is 3. The SMILES string of the molecule is CC(NC(=O)c1ccc(S(=O)(=O)NC(=O)c2ccc(COCc3ccccc3)nc2)cc1)c1ccccc1. The number of nitrogens with zero attached hydrogens (tertiary/aromatic N) is 1. The molecule has 0 radical (unpaired) electrons. The standard InChI is InChI=1S/C29H27N3O5S/c1-21(23-10-6-3-7-11-23)31-28(33)24-13-16-27(17-14-24)38(35,36)32-29(34)25-12-15-26(30-18-25)20-37-19-22-8-4-2-5-9-22/h2-18,21H,19-20H2,1H3,(H,31,33)(H,32,34). The zero-order chi connectivity index (χ0) is 27.0. The number of nitrogens with one attached hydrogen (secondary N) is 2. The van der Waals surface area contributed by atoms with Gasteiger partial charge in [0.15, 0.2) is 0 Å². The number of hydrogen-bond donors (Lipinski definition) is 2. The Morgan fingerprint density at radius 1 is 0.789 bits per heavy atom. The molecule has 4 aromatic rings. The molecule has 0 bridgehead atoms. The number of hydrogen-bond acceptors (Lipinski definition) is 6.